The highest BCUT2D eigenvalue weighted by Crippen LogP contribution is 2.43. The zero-order valence-electron chi connectivity index (χ0n) is 26.3. The maximum absolute atomic E-state index is 10.8. The first kappa shape index (κ1) is 27.9. The second-order valence-corrected chi connectivity index (χ2v) is 12.6. The third kappa shape index (κ3) is 4.13. The van der Waals surface area contributed by atoms with Crippen molar-refractivity contribution in [3.8, 4) is 45.8 Å². The highest BCUT2D eigenvalue weighted by molar-refractivity contribution is 6.09. The summed E-state index contributed by atoms with van der Waals surface area (Å²) < 4.78 is 4.61. The summed E-state index contributed by atoms with van der Waals surface area (Å²) in [6.07, 6.45) is 2.82. The van der Waals surface area contributed by atoms with Crippen molar-refractivity contribution in [2.75, 3.05) is 0 Å². The molecule has 0 N–H and O–H groups in total. The standard InChI is InChI=1S/C44H30N4/c45-27-30-13-10-21-38-37-18-4-8-25-43(37)48(44(30)38)42-24-7-1-15-34(42)33-20-11-19-32(39(33)28-46)29-12-9-14-31(26-29)47-40-22-5-2-16-35(40)36-17-3-6-23-41(36)47/h1-9,11-12,14-20,22-26,30H,10,13,21H2. The fourth-order valence-corrected chi connectivity index (χ4v) is 8.01. The molecule has 8 aromatic rings. The summed E-state index contributed by atoms with van der Waals surface area (Å²) in [4.78, 5) is 0. The van der Waals surface area contributed by atoms with Crippen molar-refractivity contribution < 1.29 is 0 Å². The van der Waals surface area contributed by atoms with Crippen LogP contribution in [0.3, 0.4) is 0 Å². The molecule has 2 aromatic heterocycles. The quantitative estimate of drug-likeness (QED) is 0.198. The van der Waals surface area contributed by atoms with Crippen LogP contribution < -0.4 is 0 Å². The Morgan fingerprint density at radius 2 is 1.17 bits per heavy atom. The molecule has 48 heavy (non-hydrogen) atoms. The Bertz CT molecular complexity index is 2590. The van der Waals surface area contributed by atoms with Gasteiger partial charge in [-0.15, -0.1) is 0 Å². The van der Waals surface area contributed by atoms with Crippen LogP contribution in [0.15, 0.2) is 140 Å². The number of hydrogen-bond acceptors (Lipinski definition) is 2. The van der Waals surface area contributed by atoms with Crippen molar-refractivity contribution in [1.29, 1.82) is 10.5 Å². The second kappa shape index (κ2) is 11.2. The van der Waals surface area contributed by atoms with Crippen molar-refractivity contribution in [2.24, 2.45) is 0 Å². The molecule has 1 atom stereocenters. The largest absolute Gasteiger partial charge is 0.311 e. The minimum absolute atomic E-state index is 0.181. The first-order valence-electron chi connectivity index (χ1n) is 16.5. The number of nitrogens with zero attached hydrogens (tertiary/aromatic N) is 4. The van der Waals surface area contributed by atoms with Crippen LogP contribution in [0.1, 0.15) is 35.6 Å². The van der Waals surface area contributed by atoms with E-state index < -0.39 is 0 Å². The number of rotatable bonds is 4. The minimum Gasteiger partial charge on any atom is -0.311 e. The van der Waals surface area contributed by atoms with Gasteiger partial charge < -0.3 is 9.13 Å². The summed E-state index contributed by atoms with van der Waals surface area (Å²) in [7, 11) is 0. The van der Waals surface area contributed by atoms with Gasteiger partial charge in [-0.1, -0.05) is 103 Å². The summed E-state index contributed by atoms with van der Waals surface area (Å²) in [5.74, 6) is -0.181. The van der Waals surface area contributed by atoms with Gasteiger partial charge >= 0.3 is 0 Å². The van der Waals surface area contributed by atoms with Crippen LogP contribution in [0, 0.1) is 22.7 Å². The van der Waals surface area contributed by atoms with Crippen molar-refractivity contribution >= 4 is 32.7 Å². The zero-order valence-corrected chi connectivity index (χ0v) is 26.3. The monoisotopic (exact) mass is 614 g/mol. The van der Waals surface area contributed by atoms with E-state index in [9.17, 15) is 10.5 Å². The zero-order chi connectivity index (χ0) is 32.2. The Labute approximate surface area is 279 Å². The van der Waals surface area contributed by atoms with Gasteiger partial charge in [0, 0.05) is 44.2 Å². The van der Waals surface area contributed by atoms with Crippen LogP contribution in [0.4, 0.5) is 0 Å². The number of hydrogen-bond donors (Lipinski definition) is 0. The molecule has 1 unspecified atom stereocenters. The first-order chi connectivity index (χ1) is 23.8. The summed E-state index contributed by atoms with van der Waals surface area (Å²) in [6.45, 7) is 0. The van der Waals surface area contributed by atoms with Crippen molar-refractivity contribution in [1.82, 2.24) is 9.13 Å². The number of aromatic nitrogens is 2. The van der Waals surface area contributed by atoms with Crippen LogP contribution in [-0.2, 0) is 6.42 Å². The minimum atomic E-state index is -0.181. The Hall–Kier alpha value is -6.36. The van der Waals surface area contributed by atoms with E-state index in [0.717, 1.165) is 75.1 Å². The molecular formula is C44H30N4. The van der Waals surface area contributed by atoms with Crippen molar-refractivity contribution in [3.05, 3.63) is 156 Å². The van der Waals surface area contributed by atoms with Gasteiger partial charge in [-0.05, 0) is 66.8 Å². The molecule has 226 valence electrons. The maximum atomic E-state index is 10.8. The second-order valence-electron chi connectivity index (χ2n) is 12.6. The maximum Gasteiger partial charge on any atom is 0.100 e. The van der Waals surface area contributed by atoms with E-state index in [2.05, 4.69) is 149 Å². The lowest BCUT2D eigenvalue weighted by Gasteiger charge is -2.23. The molecule has 2 heterocycles. The number of fused-ring (bicyclic) bond motifs is 6. The van der Waals surface area contributed by atoms with E-state index in [1.54, 1.807) is 0 Å². The van der Waals surface area contributed by atoms with Gasteiger partial charge in [-0.2, -0.15) is 10.5 Å². The molecule has 0 radical (unpaired) electrons. The highest BCUT2D eigenvalue weighted by atomic mass is 15.0. The van der Waals surface area contributed by atoms with Crippen LogP contribution >= 0.6 is 0 Å². The lowest BCUT2D eigenvalue weighted by molar-refractivity contribution is 0.617. The smallest absolute Gasteiger partial charge is 0.100 e. The van der Waals surface area contributed by atoms with E-state index in [1.165, 1.54) is 21.7 Å². The summed E-state index contributed by atoms with van der Waals surface area (Å²) >= 11 is 0. The number of benzene rings is 6. The molecule has 6 aromatic carbocycles. The number of aryl methyl sites for hydroxylation is 1. The fourth-order valence-electron chi connectivity index (χ4n) is 8.01. The Morgan fingerprint density at radius 3 is 1.90 bits per heavy atom. The van der Waals surface area contributed by atoms with Crippen molar-refractivity contribution in [2.45, 2.75) is 25.2 Å². The first-order valence-corrected chi connectivity index (χ1v) is 16.5. The molecule has 0 aliphatic heterocycles. The molecule has 1 aliphatic carbocycles. The highest BCUT2D eigenvalue weighted by Gasteiger charge is 2.29. The third-order valence-electron chi connectivity index (χ3n) is 10.0. The molecule has 9 rings (SSSR count). The molecule has 0 saturated heterocycles. The summed E-state index contributed by atoms with van der Waals surface area (Å²) in [5, 5.41) is 24.7. The SMILES string of the molecule is N#Cc1c(-c2cccc(-n3c4ccccc4c4ccccc43)c2)cccc1-c1ccccc1-n1c2c(c3ccccc31)CCCC2C#N. The van der Waals surface area contributed by atoms with Gasteiger partial charge in [-0.3, -0.25) is 0 Å². The fraction of sp³-hybridized carbons (Fsp3) is 0.0909. The normalized spacial score (nSPS) is 14.2. The van der Waals surface area contributed by atoms with Crippen molar-refractivity contribution in [3.63, 3.8) is 0 Å². The Balaban J connectivity index is 1.24. The predicted octanol–water partition coefficient (Wildman–Crippen LogP) is 10.9. The average Bonchev–Trinajstić information content (AvgIpc) is 3.68. The lowest BCUT2D eigenvalue weighted by atomic mass is 9.87. The van der Waals surface area contributed by atoms with E-state index >= 15 is 0 Å². The third-order valence-corrected chi connectivity index (χ3v) is 10.0. The van der Waals surface area contributed by atoms with Gasteiger partial charge in [-0.25, -0.2) is 0 Å². The molecule has 0 saturated carbocycles. The molecule has 4 heteroatoms. The molecule has 4 nitrogen and oxygen atoms in total. The number of para-hydroxylation sites is 4. The summed E-state index contributed by atoms with van der Waals surface area (Å²) in [5.41, 5.74) is 12.2. The molecule has 0 spiro atoms. The molecule has 0 bridgehead atoms. The number of nitriles is 2. The van der Waals surface area contributed by atoms with E-state index in [4.69, 9.17) is 0 Å². The molecule has 0 amide bonds. The van der Waals surface area contributed by atoms with Gasteiger partial charge in [0.05, 0.1) is 39.8 Å². The van der Waals surface area contributed by atoms with E-state index in [0.29, 0.717) is 5.56 Å². The van der Waals surface area contributed by atoms with Crippen LogP contribution in [0.2, 0.25) is 0 Å². The lowest BCUT2D eigenvalue weighted by Crippen LogP contribution is -2.12. The molecule has 0 fully saturated rings. The average molecular weight is 615 g/mol. The molecule has 1 aliphatic rings. The van der Waals surface area contributed by atoms with Crippen LogP contribution in [0.5, 0.6) is 0 Å². The van der Waals surface area contributed by atoms with Crippen LogP contribution in [-0.4, -0.2) is 9.13 Å². The molecular weight excluding hydrogens is 585 g/mol. The summed E-state index contributed by atoms with van der Waals surface area (Å²) in [6, 6.07) is 53.7. The van der Waals surface area contributed by atoms with E-state index in [1.807, 2.05) is 12.1 Å². The van der Waals surface area contributed by atoms with Gasteiger partial charge in [0.25, 0.3) is 0 Å². The van der Waals surface area contributed by atoms with Gasteiger partial charge in [0.2, 0.25) is 0 Å². The van der Waals surface area contributed by atoms with Gasteiger partial charge in [0.15, 0.2) is 0 Å². The topological polar surface area (TPSA) is 57.4 Å². The van der Waals surface area contributed by atoms with Crippen LogP contribution in [0.25, 0.3) is 66.3 Å². The predicted molar refractivity (Wildman–Crippen MR) is 194 cm³/mol. The van der Waals surface area contributed by atoms with Gasteiger partial charge in [0.1, 0.15) is 6.07 Å². The Kier molecular flexibility index (Phi) is 6.49. The van der Waals surface area contributed by atoms with E-state index in [-0.39, 0.29) is 5.92 Å². The Morgan fingerprint density at radius 1 is 0.562 bits per heavy atom.